The summed E-state index contributed by atoms with van der Waals surface area (Å²) in [4.78, 5) is 0. The van der Waals surface area contributed by atoms with E-state index in [1.165, 1.54) is 10.4 Å². The molecule has 0 N–H and O–H groups in total. The van der Waals surface area contributed by atoms with Gasteiger partial charge < -0.3 is 0 Å². The topological polar surface area (TPSA) is 0 Å². The van der Waals surface area contributed by atoms with Crippen LogP contribution in [0.3, 0.4) is 0 Å². The first kappa shape index (κ1) is 15.1. The highest BCUT2D eigenvalue weighted by atomic mass is 28.3. The van der Waals surface area contributed by atoms with Gasteiger partial charge in [0.2, 0.25) is 8.07 Å². The molecule has 0 aromatic heterocycles. The molecule has 2 aromatic rings. The van der Waals surface area contributed by atoms with E-state index in [0.29, 0.717) is 0 Å². The van der Waals surface area contributed by atoms with E-state index in [-0.39, 0.29) is 0 Å². The lowest BCUT2D eigenvalue weighted by Gasteiger charge is -2.26. The Morgan fingerprint density at radius 3 is 1.86 bits per heavy atom. The zero-order valence-electron chi connectivity index (χ0n) is 12.5. The second-order valence-electron chi connectivity index (χ2n) is 5.16. The zero-order chi connectivity index (χ0) is 15.1. The Balaban J connectivity index is 2.70. The second-order valence-corrected chi connectivity index (χ2v) is 8.78. The molecule has 2 rings (SSSR count). The monoisotopic (exact) mass is 288 g/mol. The van der Waals surface area contributed by atoms with Gasteiger partial charge in [-0.15, -0.1) is 12.1 Å². The Morgan fingerprint density at radius 2 is 1.48 bits per heavy atom. The largest absolute Gasteiger partial charge is 0.203 e. The van der Waals surface area contributed by atoms with Crippen molar-refractivity contribution in [2.24, 2.45) is 0 Å². The Morgan fingerprint density at radius 1 is 1.00 bits per heavy atom. The molecule has 0 aliphatic heterocycles. The summed E-state index contributed by atoms with van der Waals surface area (Å²) in [5, 5.41) is 2.65. The highest BCUT2D eigenvalue weighted by molar-refractivity contribution is 7.08. The molecule has 21 heavy (non-hydrogen) atoms. The van der Waals surface area contributed by atoms with Gasteiger partial charge in [-0.3, -0.25) is 0 Å². The fraction of sp³-hybridized carbons (Fsp3) is 0.100. The molecule has 0 spiro atoms. The molecule has 0 aliphatic carbocycles. The van der Waals surface area contributed by atoms with Crippen molar-refractivity contribution >= 4 is 18.4 Å². The van der Waals surface area contributed by atoms with Crippen molar-refractivity contribution in [3.05, 3.63) is 85.5 Å². The smallest absolute Gasteiger partial charge is 0.115 e. The minimum Gasteiger partial charge on any atom is -0.115 e. The molecule has 2 aromatic carbocycles. The summed E-state index contributed by atoms with van der Waals surface area (Å²) in [5.41, 5.74) is 4.49. The molecule has 104 valence electrons. The van der Waals surface area contributed by atoms with Crippen molar-refractivity contribution in [1.82, 2.24) is 0 Å². The molecule has 0 heterocycles. The van der Waals surface area contributed by atoms with Crippen LogP contribution >= 0.6 is 0 Å². The predicted molar refractivity (Wildman–Crippen MR) is 95.5 cm³/mol. The first-order valence-corrected chi connectivity index (χ1v) is 9.30. The standard InChI is InChI=1S/C20H20Si/c1-4-16-21(17-15-18(2)3,19-11-7-5-8-12-19)20-13-9-6-10-14-20/h4-14H,1-2,16H2,3H3. The van der Waals surface area contributed by atoms with Crippen LogP contribution in [0.1, 0.15) is 6.92 Å². The maximum absolute atomic E-state index is 3.97. The van der Waals surface area contributed by atoms with Crippen molar-refractivity contribution < 1.29 is 0 Å². The number of rotatable bonds is 4. The SMILES string of the molecule is C=CC[Si](C#CC(=C)C)(c1ccccc1)c1ccccc1. The average Bonchev–Trinajstić information content (AvgIpc) is 2.53. The van der Waals surface area contributed by atoms with E-state index in [1.54, 1.807) is 0 Å². The van der Waals surface area contributed by atoms with E-state index in [9.17, 15) is 0 Å². The molecule has 0 unspecified atom stereocenters. The van der Waals surface area contributed by atoms with Crippen LogP contribution in [0, 0.1) is 11.5 Å². The Kier molecular flexibility index (Phi) is 4.98. The number of benzene rings is 2. The Labute approximate surface area is 128 Å². The van der Waals surface area contributed by atoms with E-state index in [0.717, 1.165) is 11.6 Å². The normalized spacial score (nSPS) is 10.3. The first-order valence-electron chi connectivity index (χ1n) is 7.09. The van der Waals surface area contributed by atoms with Crippen LogP contribution < -0.4 is 10.4 Å². The van der Waals surface area contributed by atoms with E-state index in [2.05, 4.69) is 73.2 Å². The van der Waals surface area contributed by atoms with Crippen molar-refractivity contribution in [1.29, 1.82) is 0 Å². The van der Waals surface area contributed by atoms with Crippen molar-refractivity contribution in [3.8, 4) is 11.5 Å². The van der Waals surface area contributed by atoms with Gasteiger partial charge in [0.25, 0.3) is 0 Å². The summed E-state index contributed by atoms with van der Waals surface area (Å²) in [6.07, 6.45) is 2.00. The van der Waals surface area contributed by atoms with Crippen molar-refractivity contribution in [2.75, 3.05) is 0 Å². The molecule has 0 amide bonds. The fourth-order valence-corrected chi connectivity index (χ4v) is 6.05. The Hall–Kier alpha value is -2.30. The third-order valence-corrected chi connectivity index (χ3v) is 7.56. The summed E-state index contributed by atoms with van der Waals surface area (Å²) in [7, 11) is -2.15. The quantitative estimate of drug-likeness (QED) is 0.458. The maximum Gasteiger partial charge on any atom is 0.203 e. The molecule has 0 radical (unpaired) electrons. The average molecular weight is 288 g/mol. The molecule has 0 aliphatic rings. The van der Waals surface area contributed by atoms with E-state index < -0.39 is 8.07 Å². The zero-order valence-corrected chi connectivity index (χ0v) is 13.5. The lowest BCUT2D eigenvalue weighted by atomic mass is 10.4. The second kappa shape index (κ2) is 6.92. The van der Waals surface area contributed by atoms with Crippen molar-refractivity contribution in [3.63, 3.8) is 0 Å². The van der Waals surface area contributed by atoms with Crippen molar-refractivity contribution in [2.45, 2.75) is 13.0 Å². The predicted octanol–water partition coefficient (Wildman–Crippen LogP) is 3.55. The minimum absolute atomic E-state index is 0.904. The molecule has 1 heteroatoms. The number of hydrogen-bond acceptors (Lipinski definition) is 0. The van der Waals surface area contributed by atoms with Crippen LogP contribution in [-0.2, 0) is 0 Å². The first-order chi connectivity index (χ1) is 10.2. The highest BCUT2D eigenvalue weighted by Gasteiger charge is 2.34. The summed E-state index contributed by atoms with van der Waals surface area (Å²) in [5.74, 6) is 3.24. The van der Waals surface area contributed by atoms with Crippen LogP contribution in [0.2, 0.25) is 6.04 Å². The van der Waals surface area contributed by atoms with E-state index >= 15 is 0 Å². The van der Waals surface area contributed by atoms with Gasteiger partial charge in [0.1, 0.15) is 0 Å². The van der Waals surface area contributed by atoms with Crippen LogP contribution in [0.15, 0.2) is 85.5 Å². The van der Waals surface area contributed by atoms with Gasteiger partial charge in [0, 0.05) is 0 Å². The molecular weight excluding hydrogens is 268 g/mol. The molecule has 0 nitrogen and oxygen atoms in total. The summed E-state index contributed by atoms with van der Waals surface area (Å²) < 4.78 is 0. The molecule has 0 fully saturated rings. The Bertz CT molecular complexity index is 633. The summed E-state index contributed by atoms with van der Waals surface area (Å²) >= 11 is 0. The van der Waals surface area contributed by atoms with E-state index in [1.807, 2.05) is 25.1 Å². The van der Waals surface area contributed by atoms with Gasteiger partial charge in [-0.1, -0.05) is 79.2 Å². The fourth-order valence-electron chi connectivity index (χ4n) is 2.47. The lowest BCUT2D eigenvalue weighted by Crippen LogP contribution is -2.57. The molecule has 0 saturated heterocycles. The third kappa shape index (κ3) is 3.42. The molecule has 0 saturated carbocycles. The molecule has 0 bridgehead atoms. The van der Waals surface area contributed by atoms with Crippen LogP contribution in [0.4, 0.5) is 0 Å². The van der Waals surface area contributed by atoms with Gasteiger partial charge in [-0.25, -0.2) is 0 Å². The highest BCUT2D eigenvalue weighted by Crippen LogP contribution is 2.12. The summed E-state index contributed by atoms with van der Waals surface area (Å²) in [6.45, 7) is 9.85. The van der Waals surface area contributed by atoms with E-state index in [4.69, 9.17) is 0 Å². The van der Waals surface area contributed by atoms with Gasteiger partial charge >= 0.3 is 0 Å². The lowest BCUT2D eigenvalue weighted by molar-refractivity contribution is 1.59. The molecule has 0 atom stereocenters. The maximum atomic E-state index is 3.97. The van der Waals surface area contributed by atoms with Crippen LogP contribution in [0.25, 0.3) is 0 Å². The van der Waals surface area contributed by atoms with Crippen LogP contribution in [0.5, 0.6) is 0 Å². The van der Waals surface area contributed by atoms with Gasteiger partial charge in [-0.2, -0.15) is 0 Å². The van der Waals surface area contributed by atoms with Crippen LogP contribution in [-0.4, -0.2) is 8.07 Å². The number of allylic oxidation sites excluding steroid dienone is 2. The third-order valence-electron chi connectivity index (χ3n) is 3.47. The molecular formula is C20H20Si. The van der Waals surface area contributed by atoms with Gasteiger partial charge in [0.15, 0.2) is 0 Å². The van der Waals surface area contributed by atoms with Gasteiger partial charge in [-0.05, 0) is 28.9 Å². The summed E-state index contributed by atoms with van der Waals surface area (Å²) in [6, 6.07) is 22.1. The van der Waals surface area contributed by atoms with Gasteiger partial charge in [0.05, 0.1) is 0 Å². The number of hydrogen-bond donors (Lipinski definition) is 0. The minimum atomic E-state index is -2.15.